The second kappa shape index (κ2) is 10.4. The van der Waals surface area contributed by atoms with Gasteiger partial charge in [-0.3, -0.25) is 9.59 Å². The summed E-state index contributed by atoms with van der Waals surface area (Å²) in [4.78, 5) is 36.2. The highest BCUT2D eigenvalue weighted by atomic mass is 16.5. The van der Waals surface area contributed by atoms with Gasteiger partial charge in [0.1, 0.15) is 5.75 Å². The molecule has 2 aromatic carbocycles. The van der Waals surface area contributed by atoms with Gasteiger partial charge in [0.15, 0.2) is 6.10 Å². The van der Waals surface area contributed by atoms with Gasteiger partial charge in [0.05, 0.1) is 12.6 Å². The number of hydrogen-bond acceptors (Lipinski definition) is 6. The van der Waals surface area contributed by atoms with Gasteiger partial charge in [-0.05, 0) is 38.0 Å². The summed E-state index contributed by atoms with van der Waals surface area (Å²) in [7, 11) is 0. The van der Waals surface area contributed by atoms with E-state index in [-0.39, 0.29) is 24.3 Å². The van der Waals surface area contributed by atoms with Gasteiger partial charge in [-0.1, -0.05) is 36.4 Å². The predicted molar refractivity (Wildman–Crippen MR) is 107 cm³/mol. The van der Waals surface area contributed by atoms with Crippen molar-refractivity contribution in [1.82, 2.24) is 5.32 Å². The van der Waals surface area contributed by atoms with Crippen molar-refractivity contribution >= 4 is 17.8 Å². The van der Waals surface area contributed by atoms with Crippen molar-refractivity contribution in [2.75, 3.05) is 6.61 Å². The lowest BCUT2D eigenvalue weighted by Crippen LogP contribution is -2.49. The lowest BCUT2D eigenvalue weighted by molar-refractivity contribution is -0.154. The zero-order valence-corrected chi connectivity index (χ0v) is 16.7. The maximum atomic E-state index is 12.9. The molecule has 0 bridgehead atoms. The Bertz CT molecular complexity index is 865. The average molecular weight is 399 g/mol. The molecule has 2 atom stereocenters. The molecule has 0 aliphatic rings. The Kier molecular flexibility index (Phi) is 7.91. The molecule has 0 radical (unpaired) electrons. The highest BCUT2D eigenvalue weighted by molar-refractivity contribution is 5.97. The van der Waals surface area contributed by atoms with E-state index >= 15 is 0 Å². The first-order valence-electron chi connectivity index (χ1n) is 9.31. The molecule has 0 heterocycles. The molecule has 0 fully saturated rings. The quantitative estimate of drug-likeness (QED) is 0.521. The van der Waals surface area contributed by atoms with Gasteiger partial charge < -0.3 is 19.9 Å². The molecular weight excluding hydrogens is 374 g/mol. The summed E-state index contributed by atoms with van der Waals surface area (Å²) < 4.78 is 10.0. The second-order valence-electron chi connectivity index (χ2n) is 6.49. The van der Waals surface area contributed by atoms with Crippen molar-refractivity contribution in [3.63, 3.8) is 0 Å². The summed E-state index contributed by atoms with van der Waals surface area (Å²) in [5, 5.41) is 13.2. The normalized spacial score (nSPS) is 12.6. The van der Waals surface area contributed by atoms with Crippen LogP contribution in [0.25, 0.3) is 0 Å². The van der Waals surface area contributed by atoms with Crippen LogP contribution in [0.1, 0.15) is 35.3 Å². The van der Waals surface area contributed by atoms with Crippen LogP contribution in [-0.2, 0) is 20.7 Å². The number of carbonyl (C=O) groups is 3. The first kappa shape index (κ1) is 22.1. The fourth-order valence-corrected chi connectivity index (χ4v) is 2.87. The molecule has 7 heteroatoms. The number of ether oxygens (including phenoxy) is 2. The average Bonchev–Trinajstić information content (AvgIpc) is 2.69. The van der Waals surface area contributed by atoms with E-state index < -0.39 is 30.0 Å². The van der Waals surface area contributed by atoms with Crippen LogP contribution in [0, 0.1) is 6.92 Å². The molecule has 2 rings (SSSR count). The summed E-state index contributed by atoms with van der Waals surface area (Å²) in [5.41, 5.74) is 1.59. The zero-order valence-electron chi connectivity index (χ0n) is 16.7. The predicted octanol–water partition coefficient (Wildman–Crippen LogP) is 2.19. The smallest absolute Gasteiger partial charge is 0.337 e. The third kappa shape index (κ3) is 6.15. The highest BCUT2D eigenvalue weighted by Gasteiger charge is 2.30. The molecule has 0 spiro atoms. The number of nitrogens with one attached hydrogen (secondary N) is 1. The molecule has 154 valence electrons. The Hall–Kier alpha value is -3.19. The minimum Gasteiger partial charge on any atom is -0.464 e. The van der Waals surface area contributed by atoms with E-state index in [2.05, 4.69) is 5.32 Å². The molecule has 0 saturated heterocycles. The van der Waals surface area contributed by atoms with Crippen molar-refractivity contribution in [2.24, 2.45) is 0 Å². The number of aliphatic hydroxyl groups excluding tert-OH is 1. The Morgan fingerprint density at radius 3 is 2.38 bits per heavy atom. The van der Waals surface area contributed by atoms with Gasteiger partial charge in [0, 0.05) is 18.1 Å². The van der Waals surface area contributed by atoms with E-state index in [4.69, 9.17) is 9.47 Å². The van der Waals surface area contributed by atoms with Crippen molar-refractivity contribution in [1.29, 1.82) is 0 Å². The lowest BCUT2D eigenvalue weighted by Gasteiger charge is -2.23. The van der Waals surface area contributed by atoms with Crippen LogP contribution in [0.3, 0.4) is 0 Å². The van der Waals surface area contributed by atoms with Gasteiger partial charge in [-0.2, -0.15) is 0 Å². The molecule has 0 saturated carbocycles. The van der Waals surface area contributed by atoms with Crippen molar-refractivity contribution in [3.05, 3.63) is 65.2 Å². The van der Waals surface area contributed by atoms with E-state index in [1.807, 2.05) is 30.3 Å². The van der Waals surface area contributed by atoms with Crippen LogP contribution >= 0.6 is 0 Å². The number of hydrogen-bond donors (Lipinski definition) is 2. The third-order valence-electron chi connectivity index (χ3n) is 4.31. The van der Waals surface area contributed by atoms with E-state index in [0.29, 0.717) is 5.56 Å². The third-order valence-corrected chi connectivity index (χ3v) is 4.31. The maximum absolute atomic E-state index is 12.9. The standard InChI is InChI=1S/C22H25NO6/c1-4-28-22(27)20(25)18(13-16-9-6-5-7-10-16)23-21(26)17-11-8-12-19(14(17)2)29-15(3)24/h5-12,18,20,25H,4,13H2,1-3H3,(H,23,26)/t18-,20-/m0/s1. The minimum absolute atomic E-state index is 0.117. The fourth-order valence-electron chi connectivity index (χ4n) is 2.87. The summed E-state index contributed by atoms with van der Waals surface area (Å²) in [6.07, 6.45) is -1.30. The fraction of sp³-hybridized carbons (Fsp3) is 0.318. The van der Waals surface area contributed by atoms with Crippen LogP contribution in [0.4, 0.5) is 0 Å². The Morgan fingerprint density at radius 2 is 1.76 bits per heavy atom. The van der Waals surface area contributed by atoms with Crippen LogP contribution in [0.15, 0.2) is 48.5 Å². The van der Waals surface area contributed by atoms with Gasteiger partial charge in [0.2, 0.25) is 0 Å². The summed E-state index contributed by atoms with van der Waals surface area (Å²) in [6.45, 7) is 4.68. The van der Waals surface area contributed by atoms with Crippen LogP contribution in [0.5, 0.6) is 5.75 Å². The molecule has 7 nitrogen and oxygen atoms in total. The van der Waals surface area contributed by atoms with Gasteiger partial charge in [-0.25, -0.2) is 4.79 Å². The van der Waals surface area contributed by atoms with E-state index in [1.165, 1.54) is 6.92 Å². The second-order valence-corrected chi connectivity index (χ2v) is 6.49. The lowest BCUT2D eigenvalue weighted by atomic mass is 10.00. The molecule has 2 aromatic rings. The summed E-state index contributed by atoms with van der Waals surface area (Å²) in [6, 6.07) is 13.0. The number of aliphatic hydroxyl groups is 1. The van der Waals surface area contributed by atoms with Gasteiger partial charge in [-0.15, -0.1) is 0 Å². The molecule has 1 amide bonds. The van der Waals surface area contributed by atoms with E-state index in [0.717, 1.165) is 5.56 Å². The molecule has 0 aliphatic carbocycles. The number of carbonyl (C=O) groups excluding carboxylic acids is 3. The summed E-state index contributed by atoms with van der Waals surface area (Å²) >= 11 is 0. The summed E-state index contributed by atoms with van der Waals surface area (Å²) in [5.74, 6) is -1.53. The van der Waals surface area contributed by atoms with Gasteiger partial charge in [0.25, 0.3) is 5.91 Å². The first-order valence-corrected chi connectivity index (χ1v) is 9.31. The van der Waals surface area contributed by atoms with E-state index in [1.54, 1.807) is 32.0 Å². The molecule has 0 aliphatic heterocycles. The SMILES string of the molecule is CCOC(=O)[C@@H](O)[C@H](Cc1ccccc1)NC(=O)c1cccc(OC(C)=O)c1C. The number of benzene rings is 2. The first-order chi connectivity index (χ1) is 13.8. The van der Waals surface area contributed by atoms with Crippen molar-refractivity contribution in [2.45, 2.75) is 39.3 Å². The van der Waals surface area contributed by atoms with Crippen molar-refractivity contribution < 1.29 is 29.0 Å². The molecular formula is C22H25NO6. The largest absolute Gasteiger partial charge is 0.464 e. The van der Waals surface area contributed by atoms with Crippen molar-refractivity contribution in [3.8, 4) is 5.75 Å². The number of amides is 1. The molecule has 29 heavy (non-hydrogen) atoms. The van der Waals surface area contributed by atoms with Crippen LogP contribution in [-0.4, -0.2) is 41.7 Å². The van der Waals surface area contributed by atoms with Gasteiger partial charge >= 0.3 is 11.9 Å². The zero-order chi connectivity index (χ0) is 21.4. The Morgan fingerprint density at radius 1 is 1.07 bits per heavy atom. The molecule has 0 unspecified atom stereocenters. The van der Waals surface area contributed by atoms with Crippen LogP contribution < -0.4 is 10.1 Å². The molecule has 2 N–H and O–H groups in total. The topological polar surface area (TPSA) is 102 Å². The Balaban J connectivity index is 2.26. The maximum Gasteiger partial charge on any atom is 0.337 e. The molecule has 0 aromatic heterocycles. The number of rotatable bonds is 8. The highest BCUT2D eigenvalue weighted by Crippen LogP contribution is 2.22. The number of esters is 2. The van der Waals surface area contributed by atoms with Crippen LogP contribution in [0.2, 0.25) is 0 Å². The minimum atomic E-state index is -1.53. The van der Waals surface area contributed by atoms with E-state index in [9.17, 15) is 19.5 Å². The monoisotopic (exact) mass is 399 g/mol. The Labute approximate surface area is 169 Å².